The van der Waals surface area contributed by atoms with Crippen LogP contribution in [0.5, 0.6) is 0 Å². The Morgan fingerprint density at radius 2 is 1.82 bits per heavy atom. The van der Waals surface area contributed by atoms with Crippen LogP contribution < -0.4 is 11.2 Å². The third-order valence-corrected chi connectivity index (χ3v) is 8.05. The molecule has 0 bridgehead atoms. The Morgan fingerprint density at radius 3 is 2.56 bits per heavy atom. The molecule has 0 aliphatic rings. The molecule has 3 heterocycles. The van der Waals surface area contributed by atoms with E-state index >= 15 is 0 Å². The molecule has 0 saturated carbocycles. The minimum atomic E-state index is -3.94. The molecule has 0 fully saturated rings. The zero-order valence-corrected chi connectivity index (χ0v) is 19.6. The van der Waals surface area contributed by atoms with Gasteiger partial charge in [0.15, 0.2) is 0 Å². The van der Waals surface area contributed by atoms with E-state index in [1.54, 1.807) is 4.68 Å². The van der Waals surface area contributed by atoms with Crippen LogP contribution in [0.15, 0.2) is 86.7 Å². The summed E-state index contributed by atoms with van der Waals surface area (Å²) in [5.41, 5.74) is 1.26. The number of hydrogen-bond acceptors (Lipinski definition) is 6. The lowest BCUT2D eigenvalue weighted by Crippen LogP contribution is -2.27. The number of H-pyrrole nitrogens is 2. The van der Waals surface area contributed by atoms with Crippen molar-refractivity contribution < 1.29 is 8.42 Å². The van der Waals surface area contributed by atoms with Gasteiger partial charge >= 0.3 is 5.69 Å². The van der Waals surface area contributed by atoms with E-state index in [0.717, 1.165) is 16.1 Å². The first-order chi connectivity index (χ1) is 16.3. The van der Waals surface area contributed by atoms with E-state index in [0.29, 0.717) is 5.69 Å². The van der Waals surface area contributed by atoms with Crippen molar-refractivity contribution in [2.24, 2.45) is 0 Å². The number of rotatable bonds is 6. The van der Waals surface area contributed by atoms with Crippen molar-refractivity contribution in [2.75, 3.05) is 7.05 Å². The van der Waals surface area contributed by atoms with Crippen LogP contribution in [0.1, 0.15) is 5.56 Å². The second-order valence-corrected chi connectivity index (χ2v) is 10.6. The lowest BCUT2D eigenvalue weighted by molar-refractivity contribution is 0.467. The van der Waals surface area contributed by atoms with Gasteiger partial charge in [-0.2, -0.15) is 9.40 Å². The minimum Gasteiger partial charge on any atom is -0.307 e. The van der Waals surface area contributed by atoms with E-state index in [1.165, 1.54) is 40.9 Å². The second-order valence-electron chi connectivity index (χ2n) is 7.64. The number of fused-ring (bicyclic) bond motifs is 1. The number of aromatic nitrogens is 4. The summed E-state index contributed by atoms with van der Waals surface area (Å²) in [7, 11) is -2.46. The van der Waals surface area contributed by atoms with Gasteiger partial charge in [0.1, 0.15) is 5.69 Å². The fourth-order valence-electron chi connectivity index (χ4n) is 3.67. The van der Waals surface area contributed by atoms with Gasteiger partial charge in [0.25, 0.3) is 5.56 Å². The summed E-state index contributed by atoms with van der Waals surface area (Å²) in [6.07, 6.45) is 1.83. The molecule has 0 aliphatic carbocycles. The highest BCUT2D eigenvalue weighted by atomic mass is 32.2. The number of benzene rings is 2. The van der Waals surface area contributed by atoms with Gasteiger partial charge in [-0.15, -0.1) is 11.3 Å². The van der Waals surface area contributed by atoms with Gasteiger partial charge in [0.2, 0.25) is 10.0 Å². The largest absolute Gasteiger partial charge is 0.326 e. The van der Waals surface area contributed by atoms with Crippen molar-refractivity contribution >= 4 is 32.3 Å². The Kier molecular flexibility index (Phi) is 5.52. The fourth-order valence-corrected chi connectivity index (χ4v) is 5.59. The van der Waals surface area contributed by atoms with E-state index in [-0.39, 0.29) is 22.3 Å². The van der Waals surface area contributed by atoms with Gasteiger partial charge in [0, 0.05) is 25.4 Å². The van der Waals surface area contributed by atoms with Crippen LogP contribution in [0.25, 0.3) is 27.2 Å². The molecule has 0 saturated heterocycles. The van der Waals surface area contributed by atoms with Gasteiger partial charge in [-0.1, -0.05) is 24.3 Å². The smallest absolute Gasteiger partial charge is 0.307 e. The molecule has 5 rings (SSSR count). The molecule has 0 atom stereocenters. The molecule has 5 aromatic rings. The summed E-state index contributed by atoms with van der Waals surface area (Å²) >= 11 is 1.52. The summed E-state index contributed by atoms with van der Waals surface area (Å²) in [6.45, 7) is 0.0718. The normalized spacial score (nSPS) is 11.9. The lowest BCUT2D eigenvalue weighted by atomic mass is 10.2. The first kappa shape index (κ1) is 22.0. The third kappa shape index (κ3) is 4.00. The van der Waals surface area contributed by atoms with Crippen molar-refractivity contribution in [3.8, 4) is 16.3 Å². The van der Waals surface area contributed by atoms with E-state index in [2.05, 4.69) is 9.97 Å². The zero-order valence-electron chi connectivity index (χ0n) is 17.9. The molecule has 172 valence electrons. The van der Waals surface area contributed by atoms with Gasteiger partial charge in [-0.05, 0) is 41.8 Å². The quantitative estimate of drug-likeness (QED) is 0.377. The minimum absolute atomic E-state index is 0.0480. The molecule has 3 aromatic heterocycles. The molecule has 0 spiro atoms. The number of thiophene rings is 1. The summed E-state index contributed by atoms with van der Waals surface area (Å²) in [5, 5.41) is 6.75. The number of nitrogens with one attached hydrogen (secondary N) is 2. The maximum absolute atomic E-state index is 13.4. The summed E-state index contributed by atoms with van der Waals surface area (Å²) in [6, 6.07) is 17.5. The van der Waals surface area contributed by atoms with E-state index in [4.69, 9.17) is 5.10 Å². The molecule has 2 aromatic carbocycles. The van der Waals surface area contributed by atoms with E-state index in [9.17, 15) is 18.0 Å². The molecule has 34 heavy (non-hydrogen) atoms. The van der Waals surface area contributed by atoms with Crippen molar-refractivity contribution in [2.45, 2.75) is 11.4 Å². The van der Waals surface area contributed by atoms with Crippen molar-refractivity contribution in [3.05, 3.63) is 98.6 Å². The Bertz CT molecular complexity index is 1700. The summed E-state index contributed by atoms with van der Waals surface area (Å²) in [5.74, 6) is 0. The maximum Gasteiger partial charge on any atom is 0.326 e. The third-order valence-electron chi connectivity index (χ3n) is 5.38. The van der Waals surface area contributed by atoms with Gasteiger partial charge < -0.3 is 4.98 Å². The maximum atomic E-state index is 13.4. The Hall–Kier alpha value is -3.80. The number of sulfonamides is 1. The van der Waals surface area contributed by atoms with Crippen LogP contribution in [-0.2, 0) is 16.6 Å². The topological polar surface area (TPSA) is 121 Å². The average molecular weight is 494 g/mol. The number of nitrogens with zero attached hydrogens (tertiary/aromatic N) is 3. The predicted octanol–water partition coefficient (Wildman–Crippen LogP) is 2.95. The van der Waals surface area contributed by atoms with Crippen molar-refractivity contribution in [1.29, 1.82) is 0 Å². The number of aromatic amines is 2. The number of hydrogen-bond donors (Lipinski definition) is 2. The van der Waals surface area contributed by atoms with Crippen LogP contribution in [0.2, 0.25) is 0 Å². The van der Waals surface area contributed by atoms with Gasteiger partial charge in [-0.25, -0.2) is 17.9 Å². The molecule has 0 unspecified atom stereocenters. The molecular weight excluding hydrogens is 474 g/mol. The molecule has 9 nitrogen and oxygen atoms in total. The van der Waals surface area contributed by atoms with Crippen LogP contribution in [0.4, 0.5) is 0 Å². The molecular formula is C23H19N5O4S2. The first-order valence-corrected chi connectivity index (χ1v) is 12.6. The van der Waals surface area contributed by atoms with E-state index < -0.39 is 21.3 Å². The Labute approximate surface area is 198 Å². The van der Waals surface area contributed by atoms with Gasteiger partial charge in [0.05, 0.1) is 26.4 Å². The highest BCUT2D eigenvalue weighted by molar-refractivity contribution is 7.89. The monoisotopic (exact) mass is 493 g/mol. The van der Waals surface area contributed by atoms with Crippen LogP contribution >= 0.6 is 11.3 Å². The first-order valence-electron chi connectivity index (χ1n) is 10.2. The highest BCUT2D eigenvalue weighted by Crippen LogP contribution is 2.29. The standard InChI is InChI=1S/C23H19N5O4S2/c1-27(34(31,32)17-9-10-19-18(12-17)22(29)25-23(30)24-19)13-15-14-28(16-6-3-2-4-7-16)26-21(15)20-8-5-11-33-20/h2-12,14H,13H2,1H3,(H2,24,25,29,30). The van der Waals surface area contributed by atoms with Crippen LogP contribution in [0.3, 0.4) is 0 Å². The van der Waals surface area contributed by atoms with E-state index in [1.807, 2.05) is 54.0 Å². The highest BCUT2D eigenvalue weighted by Gasteiger charge is 2.24. The Balaban J connectivity index is 1.53. The number of para-hydroxylation sites is 1. The molecule has 0 amide bonds. The zero-order chi connectivity index (χ0) is 23.9. The summed E-state index contributed by atoms with van der Waals surface area (Å²) in [4.78, 5) is 29.1. The molecule has 0 radical (unpaired) electrons. The second kappa shape index (κ2) is 8.52. The summed E-state index contributed by atoms with van der Waals surface area (Å²) < 4.78 is 29.7. The molecule has 0 aliphatic heterocycles. The average Bonchev–Trinajstić information content (AvgIpc) is 3.49. The van der Waals surface area contributed by atoms with Crippen molar-refractivity contribution in [3.63, 3.8) is 0 Å². The van der Waals surface area contributed by atoms with Crippen LogP contribution in [-0.4, -0.2) is 39.5 Å². The molecule has 11 heteroatoms. The van der Waals surface area contributed by atoms with Crippen LogP contribution in [0, 0.1) is 0 Å². The van der Waals surface area contributed by atoms with Gasteiger partial charge in [-0.3, -0.25) is 9.78 Å². The predicted molar refractivity (Wildman–Crippen MR) is 131 cm³/mol. The lowest BCUT2D eigenvalue weighted by Gasteiger charge is -2.17. The SMILES string of the molecule is CN(Cc1cn(-c2ccccc2)nc1-c1cccs1)S(=O)(=O)c1ccc2[nH]c(=O)[nH]c(=O)c2c1. The van der Waals surface area contributed by atoms with Crippen molar-refractivity contribution in [1.82, 2.24) is 24.1 Å². The fraction of sp³-hybridized carbons (Fsp3) is 0.0870. The Morgan fingerprint density at radius 1 is 1.03 bits per heavy atom. The molecule has 2 N–H and O–H groups in total.